The quantitative estimate of drug-likeness (QED) is 0.803. The van der Waals surface area contributed by atoms with Gasteiger partial charge in [-0.05, 0) is 18.6 Å². The maximum absolute atomic E-state index is 8.63. The molecule has 0 aromatic heterocycles. The number of hydrogen-bond donors (Lipinski definition) is 2. The molecule has 0 fully saturated rings. The van der Waals surface area contributed by atoms with Crippen molar-refractivity contribution >= 4 is 15.9 Å². The van der Waals surface area contributed by atoms with E-state index in [1.54, 1.807) is 7.11 Å². The lowest BCUT2D eigenvalue weighted by Crippen LogP contribution is -2.08. The number of hydroxylamine groups is 1. The second-order valence-electron chi connectivity index (χ2n) is 2.71. The van der Waals surface area contributed by atoms with E-state index in [4.69, 9.17) is 9.94 Å². The molecular formula is C9H12BrNO2. The van der Waals surface area contributed by atoms with Crippen LogP contribution in [-0.2, 0) is 6.54 Å². The topological polar surface area (TPSA) is 41.5 Å². The number of methoxy groups -OCH3 is 1. The SMILES string of the molecule is COc1ccc(C)c(Br)c1CNO. The third-order valence-electron chi connectivity index (χ3n) is 1.87. The van der Waals surface area contributed by atoms with Crippen molar-refractivity contribution in [2.75, 3.05) is 7.11 Å². The minimum absolute atomic E-state index is 0.367. The Morgan fingerprint density at radius 3 is 2.77 bits per heavy atom. The molecule has 0 atom stereocenters. The summed E-state index contributed by atoms with van der Waals surface area (Å²) in [6, 6.07) is 3.84. The fourth-order valence-electron chi connectivity index (χ4n) is 1.16. The predicted molar refractivity (Wildman–Crippen MR) is 54.1 cm³/mol. The molecule has 4 heteroatoms. The molecule has 0 amide bonds. The predicted octanol–water partition coefficient (Wildman–Crippen LogP) is 2.24. The molecule has 1 aromatic carbocycles. The first kappa shape index (κ1) is 10.5. The van der Waals surface area contributed by atoms with E-state index >= 15 is 0 Å². The molecule has 13 heavy (non-hydrogen) atoms. The van der Waals surface area contributed by atoms with Gasteiger partial charge in [-0.2, -0.15) is 0 Å². The first-order valence-electron chi connectivity index (χ1n) is 3.89. The maximum Gasteiger partial charge on any atom is 0.124 e. The summed E-state index contributed by atoms with van der Waals surface area (Å²) in [7, 11) is 1.61. The Kier molecular flexibility index (Phi) is 3.71. The van der Waals surface area contributed by atoms with Gasteiger partial charge >= 0.3 is 0 Å². The summed E-state index contributed by atoms with van der Waals surface area (Å²) in [6.45, 7) is 2.36. The van der Waals surface area contributed by atoms with Gasteiger partial charge in [-0.1, -0.05) is 22.0 Å². The van der Waals surface area contributed by atoms with Gasteiger partial charge in [-0.25, -0.2) is 5.48 Å². The van der Waals surface area contributed by atoms with Crippen LogP contribution < -0.4 is 10.2 Å². The monoisotopic (exact) mass is 245 g/mol. The van der Waals surface area contributed by atoms with Gasteiger partial charge in [0.05, 0.1) is 13.7 Å². The van der Waals surface area contributed by atoms with Crippen LogP contribution in [0.5, 0.6) is 5.75 Å². The van der Waals surface area contributed by atoms with Crippen LogP contribution in [0.25, 0.3) is 0 Å². The van der Waals surface area contributed by atoms with Crippen molar-refractivity contribution in [3.63, 3.8) is 0 Å². The smallest absolute Gasteiger partial charge is 0.124 e. The molecule has 0 aliphatic carbocycles. The van der Waals surface area contributed by atoms with E-state index in [1.165, 1.54) is 0 Å². The fourth-order valence-corrected chi connectivity index (χ4v) is 1.62. The number of hydrogen-bond acceptors (Lipinski definition) is 3. The van der Waals surface area contributed by atoms with Crippen LogP contribution in [0.2, 0.25) is 0 Å². The van der Waals surface area contributed by atoms with Crippen molar-refractivity contribution in [3.8, 4) is 5.75 Å². The average molecular weight is 246 g/mol. The van der Waals surface area contributed by atoms with Crippen LogP contribution >= 0.6 is 15.9 Å². The Morgan fingerprint density at radius 1 is 1.54 bits per heavy atom. The van der Waals surface area contributed by atoms with Gasteiger partial charge in [-0.3, -0.25) is 0 Å². The minimum atomic E-state index is 0.367. The van der Waals surface area contributed by atoms with Gasteiger partial charge < -0.3 is 9.94 Å². The summed E-state index contributed by atoms with van der Waals surface area (Å²) in [5.74, 6) is 0.763. The molecule has 0 aliphatic rings. The van der Waals surface area contributed by atoms with Crippen molar-refractivity contribution in [1.29, 1.82) is 0 Å². The van der Waals surface area contributed by atoms with Crippen LogP contribution in [-0.4, -0.2) is 12.3 Å². The third kappa shape index (κ3) is 2.21. The van der Waals surface area contributed by atoms with E-state index in [0.29, 0.717) is 6.54 Å². The summed E-state index contributed by atoms with van der Waals surface area (Å²) in [5.41, 5.74) is 4.15. The number of halogens is 1. The van der Waals surface area contributed by atoms with Gasteiger partial charge in [0.2, 0.25) is 0 Å². The second kappa shape index (κ2) is 4.60. The number of rotatable bonds is 3. The van der Waals surface area contributed by atoms with Gasteiger partial charge in [0, 0.05) is 10.0 Å². The van der Waals surface area contributed by atoms with Crippen LogP contribution in [0.4, 0.5) is 0 Å². The van der Waals surface area contributed by atoms with Crippen molar-refractivity contribution < 1.29 is 9.94 Å². The van der Waals surface area contributed by atoms with Gasteiger partial charge in [0.1, 0.15) is 5.75 Å². The molecule has 0 aliphatic heterocycles. The zero-order valence-electron chi connectivity index (χ0n) is 7.60. The molecule has 0 saturated heterocycles. The first-order chi connectivity index (χ1) is 6.20. The van der Waals surface area contributed by atoms with Crippen molar-refractivity contribution in [3.05, 3.63) is 27.7 Å². The van der Waals surface area contributed by atoms with Crippen molar-refractivity contribution in [1.82, 2.24) is 5.48 Å². The zero-order valence-corrected chi connectivity index (χ0v) is 9.18. The van der Waals surface area contributed by atoms with E-state index in [-0.39, 0.29) is 0 Å². The molecule has 0 bridgehead atoms. The molecule has 0 heterocycles. The highest BCUT2D eigenvalue weighted by atomic mass is 79.9. The fraction of sp³-hybridized carbons (Fsp3) is 0.333. The summed E-state index contributed by atoms with van der Waals surface area (Å²) in [5, 5.41) is 8.63. The number of nitrogens with one attached hydrogen (secondary N) is 1. The molecule has 1 aromatic rings. The van der Waals surface area contributed by atoms with E-state index < -0.39 is 0 Å². The number of aryl methyl sites for hydroxylation is 1. The molecule has 0 saturated carbocycles. The average Bonchev–Trinajstić information content (AvgIpc) is 2.14. The molecule has 2 N–H and O–H groups in total. The summed E-state index contributed by atoms with van der Waals surface area (Å²) in [4.78, 5) is 0. The molecule has 0 radical (unpaired) electrons. The Morgan fingerprint density at radius 2 is 2.23 bits per heavy atom. The largest absolute Gasteiger partial charge is 0.496 e. The third-order valence-corrected chi connectivity index (χ3v) is 2.97. The lowest BCUT2D eigenvalue weighted by atomic mass is 10.1. The maximum atomic E-state index is 8.63. The lowest BCUT2D eigenvalue weighted by molar-refractivity contribution is 0.160. The first-order valence-corrected chi connectivity index (χ1v) is 4.69. The van der Waals surface area contributed by atoms with Crippen LogP contribution in [0.1, 0.15) is 11.1 Å². The zero-order chi connectivity index (χ0) is 9.84. The molecule has 3 nitrogen and oxygen atoms in total. The Labute approximate surface area is 85.8 Å². The van der Waals surface area contributed by atoms with Crippen molar-refractivity contribution in [2.24, 2.45) is 0 Å². The molecular weight excluding hydrogens is 234 g/mol. The summed E-state index contributed by atoms with van der Waals surface area (Å²) >= 11 is 3.44. The summed E-state index contributed by atoms with van der Waals surface area (Å²) in [6.07, 6.45) is 0. The highest BCUT2D eigenvalue weighted by Gasteiger charge is 2.08. The minimum Gasteiger partial charge on any atom is -0.496 e. The molecule has 0 spiro atoms. The normalized spacial score (nSPS) is 10.2. The van der Waals surface area contributed by atoms with Crippen molar-refractivity contribution in [2.45, 2.75) is 13.5 Å². The Balaban J connectivity index is 3.15. The van der Waals surface area contributed by atoms with Crippen LogP contribution in [0, 0.1) is 6.92 Å². The molecule has 72 valence electrons. The Hall–Kier alpha value is -0.580. The van der Waals surface area contributed by atoms with Gasteiger partial charge in [-0.15, -0.1) is 0 Å². The number of ether oxygens (including phenoxy) is 1. The molecule has 0 unspecified atom stereocenters. The highest BCUT2D eigenvalue weighted by molar-refractivity contribution is 9.10. The summed E-state index contributed by atoms with van der Waals surface area (Å²) < 4.78 is 6.12. The van der Waals surface area contributed by atoms with E-state index in [2.05, 4.69) is 21.4 Å². The van der Waals surface area contributed by atoms with Gasteiger partial charge in [0.25, 0.3) is 0 Å². The number of benzene rings is 1. The lowest BCUT2D eigenvalue weighted by Gasteiger charge is -2.11. The van der Waals surface area contributed by atoms with Gasteiger partial charge in [0.15, 0.2) is 0 Å². The molecule has 1 rings (SSSR count). The van der Waals surface area contributed by atoms with Crippen LogP contribution in [0.15, 0.2) is 16.6 Å². The van der Waals surface area contributed by atoms with E-state index in [9.17, 15) is 0 Å². The standard InChI is InChI=1S/C9H12BrNO2/c1-6-3-4-8(13-2)7(5-11-12)9(6)10/h3-4,11-12H,5H2,1-2H3. The highest BCUT2D eigenvalue weighted by Crippen LogP contribution is 2.29. The van der Waals surface area contributed by atoms with E-state index in [1.807, 2.05) is 19.1 Å². The Bertz CT molecular complexity index is 302. The van der Waals surface area contributed by atoms with E-state index in [0.717, 1.165) is 21.3 Å². The van der Waals surface area contributed by atoms with Crippen LogP contribution in [0.3, 0.4) is 0 Å². The second-order valence-corrected chi connectivity index (χ2v) is 3.51.